The van der Waals surface area contributed by atoms with Gasteiger partial charge in [-0.1, -0.05) is 24.3 Å². The highest BCUT2D eigenvalue weighted by Crippen LogP contribution is 2.26. The van der Waals surface area contributed by atoms with Crippen LogP contribution in [0.3, 0.4) is 0 Å². The van der Waals surface area contributed by atoms with E-state index in [1.165, 1.54) is 22.4 Å². The lowest BCUT2D eigenvalue weighted by atomic mass is 10.1. The zero-order valence-electron chi connectivity index (χ0n) is 22.4. The minimum Gasteiger partial charge on any atom is -0.497 e. The van der Waals surface area contributed by atoms with Crippen LogP contribution in [0.4, 0.5) is 5.69 Å². The Hall–Kier alpha value is -5.89. The fourth-order valence-electron chi connectivity index (χ4n) is 4.23. The first-order chi connectivity index (χ1) is 19.8. The summed E-state index contributed by atoms with van der Waals surface area (Å²) < 4.78 is 15.4. The molecular weight excluding hydrogens is 524 g/mol. The van der Waals surface area contributed by atoms with Crippen molar-refractivity contribution in [1.29, 1.82) is 5.26 Å². The number of anilines is 1. The lowest BCUT2D eigenvalue weighted by Crippen LogP contribution is -2.24. The van der Waals surface area contributed by atoms with E-state index in [9.17, 15) is 19.6 Å². The molecule has 5 rings (SSSR count). The van der Waals surface area contributed by atoms with Crippen LogP contribution in [-0.4, -0.2) is 31.8 Å². The monoisotopic (exact) mass is 548 g/mol. The first kappa shape index (κ1) is 26.7. The van der Waals surface area contributed by atoms with Gasteiger partial charge in [-0.15, -0.1) is 0 Å². The summed E-state index contributed by atoms with van der Waals surface area (Å²) in [7, 11) is 3.22. The normalized spacial score (nSPS) is 11.2. The average molecular weight is 549 g/mol. The molecule has 0 saturated carbocycles. The highest BCUT2D eigenvalue weighted by atomic mass is 16.5. The first-order valence-corrected chi connectivity index (χ1v) is 12.4. The highest BCUT2D eigenvalue weighted by molar-refractivity contribution is 6.10. The number of nitriles is 1. The smallest absolute Gasteiger partial charge is 0.295 e. The van der Waals surface area contributed by atoms with E-state index >= 15 is 0 Å². The number of hydrogen-bond acceptors (Lipinski definition) is 7. The zero-order valence-corrected chi connectivity index (χ0v) is 22.4. The predicted molar refractivity (Wildman–Crippen MR) is 152 cm³/mol. The molecule has 0 spiro atoms. The number of carbonyl (C=O) groups excluding carboxylic acids is 1. The predicted octanol–water partition coefficient (Wildman–Crippen LogP) is 3.84. The molecule has 0 aliphatic rings. The van der Waals surface area contributed by atoms with Gasteiger partial charge >= 0.3 is 0 Å². The third kappa shape index (κ3) is 5.09. The number of carbonyl (C=O) groups is 1. The van der Waals surface area contributed by atoms with Crippen LogP contribution in [0.5, 0.6) is 17.4 Å². The summed E-state index contributed by atoms with van der Waals surface area (Å²) in [5, 5.41) is 12.5. The molecule has 0 aliphatic heterocycles. The Kier molecular flexibility index (Phi) is 7.21. The van der Waals surface area contributed by atoms with E-state index in [1.807, 2.05) is 12.1 Å². The molecule has 3 aromatic heterocycles. The van der Waals surface area contributed by atoms with Gasteiger partial charge in [0.1, 0.15) is 40.0 Å². The largest absolute Gasteiger partial charge is 0.497 e. The third-order valence-electron chi connectivity index (χ3n) is 6.45. The van der Waals surface area contributed by atoms with Gasteiger partial charge in [-0.3, -0.25) is 23.5 Å². The van der Waals surface area contributed by atoms with Gasteiger partial charge in [0, 0.05) is 13.2 Å². The van der Waals surface area contributed by atoms with Crippen LogP contribution >= 0.6 is 0 Å². The maximum absolute atomic E-state index is 13.5. The van der Waals surface area contributed by atoms with Gasteiger partial charge in [0.25, 0.3) is 17.0 Å². The topological polar surface area (TPSA) is 133 Å². The molecule has 0 atom stereocenters. The number of nitrogens with zero attached hydrogens (tertiary/aromatic N) is 5. The van der Waals surface area contributed by atoms with E-state index < -0.39 is 22.6 Å². The summed E-state index contributed by atoms with van der Waals surface area (Å²) in [5.74, 6) is -0.00680. The molecule has 1 N–H and O–H groups in total. The van der Waals surface area contributed by atoms with E-state index in [1.54, 1.807) is 85.4 Å². The van der Waals surface area contributed by atoms with Crippen molar-refractivity contribution in [3.8, 4) is 29.1 Å². The fraction of sp³-hybridized carbons (Fsp3) is 0.100. The first-order valence-electron chi connectivity index (χ1n) is 12.4. The summed E-state index contributed by atoms with van der Waals surface area (Å²) >= 11 is 0. The van der Waals surface area contributed by atoms with E-state index in [0.29, 0.717) is 28.5 Å². The Morgan fingerprint density at radius 1 is 0.976 bits per heavy atom. The lowest BCUT2D eigenvalue weighted by Gasteiger charge is -2.11. The van der Waals surface area contributed by atoms with Gasteiger partial charge in [-0.2, -0.15) is 10.2 Å². The van der Waals surface area contributed by atoms with Crippen molar-refractivity contribution < 1.29 is 14.3 Å². The quantitative estimate of drug-likeness (QED) is 0.241. The molecule has 0 radical (unpaired) electrons. The number of nitrogens with one attached hydrogen (secondary N) is 1. The Morgan fingerprint density at radius 2 is 1.66 bits per heavy atom. The number of rotatable bonds is 7. The van der Waals surface area contributed by atoms with Gasteiger partial charge < -0.3 is 14.8 Å². The summed E-state index contributed by atoms with van der Waals surface area (Å²) in [6.45, 7) is 1.67. The van der Waals surface area contributed by atoms with Crippen LogP contribution in [0.2, 0.25) is 0 Å². The summed E-state index contributed by atoms with van der Waals surface area (Å²) in [4.78, 5) is 44.4. The third-order valence-corrected chi connectivity index (χ3v) is 6.45. The van der Waals surface area contributed by atoms with Gasteiger partial charge in [0.15, 0.2) is 0 Å². The molecule has 2 aromatic carbocycles. The molecule has 204 valence electrons. The van der Waals surface area contributed by atoms with Crippen LogP contribution in [0, 0.1) is 18.3 Å². The second kappa shape index (κ2) is 11.1. The van der Waals surface area contributed by atoms with Gasteiger partial charge in [-0.25, -0.2) is 4.68 Å². The second-order valence-electron chi connectivity index (χ2n) is 8.90. The Labute approximate surface area is 233 Å². The highest BCUT2D eigenvalue weighted by Gasteiger charge is 2.22. The minimum atomic E-state index is -0.869. The number of aromatic nitrogens is 4. The van der Waals surface area contributed by atoms with Crippen molar-refractivity contribution in [3.63, 3.8) is 0 Å². The van der Waals surface area contributed by atoms with Crippen molar-refractivity contribution in [1.82, 2.24) is 18.7 Å². The molecular formula is C30H24N6O5. The van der Waals surface area contributed by atoms with E-state index in [4.69, 9.17) is 9.47 Å². The molecule has 0 bridgehead atoms. The van der Waals surface area contributed by atoms with E-state index in [-0.39, 0.29) is 17.1 Å². The van der Waals surface area contributed by atoms with Crippen molar-refractivity contribution in [2.45, 2.75) is 6.92 Å². The Bertz CT molecular complexity index is 1960. The van der Waals surface area contributed by atoms with Gasteiger partial charge in [-0.05, 0) is 61.5 Å². The summed E-state index contributed by atoms with van der Waals surface area (Å²) in [6, 6.07) is 22.4. The van der Waals surface area contributed by atoms with Gasteiger partial charge in [0.05, 0.1) is 18.5 Å². The number of ether oxygens (including phenoxy) is 2. The Morgan fingerprint density at radius 3 is 2.34 bits per heavy atom. The maximum Gasteiger partial charge on any atom is 0.295 e. The Balaban J connectivity index is 1.56. The summed E-state index contributed by atoms with van der Waals surface area (Å²) in [5.41, 5.74) is -0.181. The average Bonchev–Trinajstić information content (AvgIpc) is 3.20. The zero-order chi connectivity index (χ0) is 29.1. The van der Waals surface area contributed by atoms with Crippen LogP contribution in [0.25, 0.3) is 17.4 Å². The molecule has 3 heterocycles. The van der Waals surface area contributed by atoms with Crippen LogP contribution in [0.15, 0.2) is 94.2 Å². The summed E-state index contributed by atoms with van der Waals surface area (Å²) in [6.07, 6.45) is 2.63. The molecule has 1 amide bonds. The number of pyridine rings is 1. The fourth-order valence-corrected chi connectivity index (χ4v) is 4.23. The number of benzene rings is 2. The minimum absolute atomic E-state index is 0.00516. The number of hydrogen-bond donors (Lipinski definition) is 1. The van der Waals surface area contributed by atoms with Crippen molar-refractivity contribution in [2.24, 2.45) is 7.05 Å². The van der Waals surface area contributed by atoms with Crippen LogP contribution in [0.1, 0.15) is 11.3 Å². The van der Waals surface area contributed by atoms with Crippen LogP contribution < -0.4 is 25.9 Å². The number of amides is 1. The number of para-hydroxylation sites is 1. The second-order valence-corrected chi connectivity index (χ2v) is 8.90. The standard InChI is InChI=1S/C30H24N6O5/c1-19-26(30(39)36(34(19)2)21-9-5-4-6-10-21)33-27(37)20(18-31)17-24-28(41-23-14-12-22(40-3)13-15-23)32-25-11-7-8-16-35(25)29(24)38/h4-17H,1-3H3,(H,33,37)/b20-17+. The lowest BCUT2D eigenvalue weighted by molar-refractivity contribution is -0.112. The van der Waals surface area contributed by atoms with Crippen molar-refractivity contribution >= 4 is 23.3 Å². The molecule has 11 heteroatoms. The molecule has 0 aliphatic carbocycles. The SMILES string of the molecule is COc1ccc(Oc2nc3ccccn3c(=O)c2/C=C(\C#N)C(=O)Nc2c(C)n(C)n(-c3ccccc3)c2=O)cc1. The number of methoxy groups -OCH3 is 1. The number of fused-ring (bicyclic) bond motifs is 1. The van der Waals surface area contributed by atoms with E-state index in [0.717, 1.165) is 6.08 Å². The van der Waals surface area contributed by atoms with Crippen molar-refractivity contribution in [3.05, 3.63) is 117 Å². The van der Waals surface area contributed by atoms with Crippen molar-refractivity contribution in [2.75, 3.05) is 12.4 Å². The molecule has 0 saturated heterocycles. The van der Waals surface area contributed by atoms with Gasteiger partial charge in [0.2, 0.25) is 5.88 Å². The van der Waals surface area contributed by atoms with E-state index in [2.05, 4.69) is 10.3 Å². The molecule has 41 heavy (non-hydrogen) atoms. The maximum atomic E-state index is 13.5. The molecule has 11 nitrogen and oxygen atoms in total. The van der Waals surface area contributed by atoms with Crippen LogP contribution in [-0.2, 0) is 11.8 Å². The molecule has 0 fully saturated rings. The molecule has 5 aromatic rings. The molecule has 0 unspecified atom stereocenters.